The highest BCUT2D eigenvalue weighted by atomic mass is 16.7. The zero-order valence-corrected chi connectivity index (χ0v) is 17.7. The minimum absolute atomic E-state index is 0.480. The summed E-state index contributed by atoms with van der Waals surface area (Å²) < 4.78 is 9.54. The van der Waals surface area contributed by atoms with Crippen molar-refractivity contribution in [2.75, 3.05) is 7.11 Å². The Morgan fingerprint density at radius 1 is 0.931 bits per heavy atom. The summed E-state index contributed by atoms with van der Waals surface area (Å²) in [5.74, 6) is 1.36. The van der Waals surface area contributed by atoms with Crippen LogP contribution in [0.15, 0.2) is 54.6 Å². The van der Waals surface area contributed by atoms with E-state index in [9.17, 15) is 4.79 Å². The first-order valence-electron chi connectivity index (χ1n) is 10.8. The molecule has 3 rings (SSSR count). The summed E-state index contributed by atoms with van der Waals surface area (Å²) >= 11 is 0. The molecule has 3 nitrogen and oxygen atoms in total. The number of methoxy groups -OCH3 is 1. The van der Waals surface area contributed by atoms with E-state index in [1.54, 1.807) is 12.1 Å². The average Bonchev–Trinajstić information content (AvgIpc) is 2.78. The minimum atomic E-state index is -0.703. The van der Waals surface area contributed by atoms with E-state index in [0.717, 1.165) is 17.0 Å². The van der Waals surface area contributed by atoms with Gasteiger partial charge in [-0.25, -0.2) is 4.79 Å². The lowest BCUT2D eigenvalue weighted by Crippen LogP contribution is -2.06. The molecule has 0 saturated heterocycles. The summed E-state index contributed by atoms with van der Waals surface area (Å²) in [5, 5.41) is 0. The Morgan fingerprint density at radius 2 is 1.59 bits per heavy atom. The van der Waals surface area contributed by atoms with Gasteiger partial charge in [0.05, 0.1) is 7.11 Å². The molecule has 0 radical (unpaired) electrons. The molecule has 0 aliphatic heterocycles. The van der Waals surface area contributed by atoms with Gasteiger partial charge in [-0.3, -0.25) is 0 Å². The number of hydrogen-bond donors (Lipinski definition) is 0. The third kappa shape index (κ3) is 6.22. The number of ether oxygens (including phenoxy) is 2. The van der Waals surface area contributed by atoms with Gasteiger partial charge in [0.15, 0.2) is 0 Å². The highest BCUT2D eigenvalue weighted by molar-refractivity contribution is 5.71. The third-order valence-corrected chi connectivity index (χ3v) is 5.80. The summed E-state index contributed by atoms with van der Waals surface area (Å²) in [4.78, 5) is 11.2. The Labute approximate surface area is 174 Å². The molecule has 0 spiro atoms. The van der Waals surface area contributed by atoms with E-state index in [1.807, 2.05) is 12.1 Å². The summed E-state index contributed by atoms with van der Waals surface area (Å²) in [5.41, 5.74) is 5.08. The first kappa shape index (κ1) is 21.2. The van der Waals surface area contributed by atoms with Crippen molar-refractivity contribution < 1.29 is 14.3 Å². The second kappa shape index (κ2) is 10.8. The van der Waals surface area contributed by atoms with Gasteiger partial charge >= 0.3 is 6.16 Å². The third-order valence-electron chi connectivity index (χ3n) is 5.80. The van der Waals surface area contributed by atoms with Crippen LogP contribution in [0.1, 0.15) is 63.9 Å². The first-order chi connectivity index (χ1) is 14.2. The van der Waals surface area contributed by atoms with Crippen molar-refractivity contribution in [3.63, 3.8) is 0 Å². The molecule has 3 heteroatoms. The van der Waals surface area contributed by atoms with Gasteiger partial charge in [-0.2, -0.15) is 0 Å². The second-order valence-corrected chi connectivity index (χ2v) is 7.88. The fourth-order valence-electron chi connectivity index (χ4n) is 4.00. The van der Waals surface area contributed by atoms with Gasteiger partial charge < -0.3 is 9.47 Å². The van der Waals surface area contributed by atoms with Crippen molar-refractivity contribution in [1.29, 1.82) is 0 Å². The van der Waals surface area contributed by atoms with E-state index in [2.05, 4.69) is 42.0 Å². The summed E-state index contributed by atoms with van der Waals surface area (Å²) in [6.45, 7) is 2.27. The predicted octanol–water partition coefficient (Wildman–Crippen LogP) is 7.65. The molecule has 154 valence electrons. The molecule has 0 fully saturated rings. The van der Waals surface area contributed by atoms with E-state index in [-0.39, 0.29) is 0 Å². The lowest BCUT2D eigenvalue weighted by atomic mass is 9.83. The zero-order chi connectivity index (χ0) is 20.5. The van der Waals surface area contributed by atoms with Gasteiger partial charge in [0.2, 0.25) is 0 Å². The van der Waals surface area contributed by atoms with Crippen LogP contribution < -0.4 is 4.74 Å². The summed E-state index contributed by atoms with van der Waals surface area (Å²) in [7, 11) is 1.30. The molecular formula is C26H32O3. The molecule has 1 unspecified atom stereocenters. The van der Waals surface area contributed by atoms with Crippen molar-refractivity contribution in [2.45, 2.75) is 58.3 Å². The van der Waals surface area contributed by atoms with Crippen LogP contribution in [0.4, 0.5) is 4.79 Å². The average molecular weight is 393 g/mol. The molecule has 29 heavy (non-hydrogen) atoms. The van der Waals surface area contributed by atoms with E-state index >= 15 is 0 Å². The zero-order valence-electron chi connectivity index (χ0n) is 17.7. The van der Waals surface area contributed by atoms with Crippen LogP contribution in [0.3, 0.4) is 0 Å². The van der Waals surface area contributed by atoms with Gasteiger partial charge in [-0.15, -0.1) is 0 Å². The number of carbonyl (C=O) groups excluding carboxylic acids is 1. The van der Waals surface area contributed by atoms with E-state index < -0.39 is 6.16 Å². The van der Waals surface area contributed by atoms with Gasteiger partial charge in [0.1, 0.15) is 5.75 Å². The number of rotatable bonds is 8. The summed E-state index contributed by atoms with van der Waals surface area (Å²) in [6, 6.07) is 16.3. The second-order valence-electron chi connectivity index (χ2n) is 7.88. The quantitative estimate of drug-likeness (QED) is 0.263. The van der Waals surface area contributed by atoms with Gasteiger partial charge in [-0.05, 0) is 59.6 Å². The van der Waals surface area contributed by atoms with Crippen LogP contribution in [-0.4, -0.2) is 13.3 Å². The minimum Gasteiger partial charge on any atom is -0.437 e. The number of hydrogen-bond acceptors (Lipinski definition) is 3. The Bertz CT molecular complexity index is 803. The highest BCUT2D eigenvalue weighted by Crippen LogP contribution is 2.33. The Kier molecular flexibility index (Phi) is 7.92. The lowest BCUT2D eigenvalue weighted by molar-refractivity contribution is 0.121. The van der Waals surface area contributed by atoms with Crippen LogP contribution in [-0.2, 0) is 4.74 Å². The molecule has 0 aromatic heterocycles. The molecule has 0 saturated carbocycles. The lowest BCUT2D eigenvalue weighted by Gasteiger charge is -2.22. The van der Waals surface area contributed by atoms with Crippen LogP contribution in [0, 0.1) is 5.92 Å². The van der Waals surface area contributed by atoms with Crippen molar-refractivity contribution in [3.05, 3.63) is 60.2 Å². The van der Waals surface area contributed by atoms with Crippen molar-refractivity contribution in [3.8, 4) is 16.9 Å². The Morgan fingerprint density at radius 3 is 2.17 bits per heavy atom. The van der Waals surface area contributed by atoms with Gasteiger partial charge in [-0.1, -0.05) is 81.5 Å². The SMILES string of the molecule is CCCCCCC1CC=C(c2ccc(-c3ccc(OC(=O)OC)cc3)cc2)CC1. The van der Waals surface area contributed by atoms with E-state index in [0.29, 0.717) is 5.75 Å². The molecule has 1 aliphatic rings. The number of allylic oxidation sites excluding steroid dienone is 2. The van der Waals surface area contributed by atoms with Crippen LogP contribution in [0.2, 0.25) is 0 Å². The monoisotopic (exact) mass is 392 g/mol. The number of benzene rings is 2. The first-order valence-corrected chi connectivity index (χ1v) is 10.8. The maximum atomic E-state index is 11.2. The van der Waals surface area contributed by atoms with Crippen molar-refractivity contribution >= 4 is 11.7 Å². The largest absolute Gasteiger partial charge is 0.513 e. The highest BCUT2D eigenvalue weighted by Gasteiger charge is 2.15. The van der Waals surface area contributed by atoms with Crippen LogP contribution >= 0.6 is 0 Å². The van der Waals surface area contributed by atoms with Gasteiger partial charge in [0.25, 0.3) is 0 Å². The maximum Gasteiger partial charge on any atom is 0.513 e. The topological polar surface area (TPSA) is 35.5 Å². The van der Waals surface area contributed by atoms with Crippen LogP contribution in [0.25, 0.3) is 16.7 Å². The molecule has 0 bridgehead atoms. The molecule has 0 heterocycles. The fraction of sp³-hybridized carbons (Fsp3) is 0.423. The predicted molar refractivity (Wildman–Crippen MR) is 119 cm³/mol. The molecule has 1 aliphatic carbocycles. The Balaban J connectivity index is 1.56. The maximum absolute atomic E-state index is 11.2. The van der Waals surface area contributed by atoms with Gasteiger partial charge in [0, 0.05) is 0 Å². The molecule has 0 N–H and O–H groups in total. The number of carbonyl (C=O) groups is 1. The molecule has 0 amide bonds. The smallest absolute Gasteiger partial charge is 0.437 e. The molecular weight excluding hydrogens is 360 g/mol. The number of unbranched alkanes of at least 4 members (excludes halogenated alkanes) is 3. The standard InChI is InChI=1S/C26H32O3/c1-3-4-5-6-7-20-8-10-21(11-9-20)22-12-14-23(15-13-22)24-16-18-25(19-17-24)29-26(27)28-2/h10,12-20H,3-9,11H2,1-2H3. The normalized spacial score (nSPS) is 16.2. The van der Waals surface area contributed by atoms with E-state index in [4.69, 9.17) is 4.74 Å². The fourth-order valence-corrected chi connectivity index (χ4v) is 4.00. The summed E-state index contributed by atoms with van der Waals surface area (Å²) in [6.07, 6.45) is 12.4. The van der Waals surface area contributed by atoms with Crippen LogP contribution in [0.5, 0.6) is 5.75 Å². The van der Waals surface area contributed by atoms with E-state index in [1.165, 1.54) is 69.6 Å². The Hall–Kier alpha value is -2.55. The van der Waals surface area contributed by atoms with Crippen molar-refractivity contribution in [2.24, 2.45) is 5.92 Å². The molecule has 2 aromatic carbocycles. The molecule has 2 aromatic rings. The molecule has 1 atom stereocenters. The van der Waals surface area contributed by atoms with Crippen molar-refractivity contribution in [1.82, 2.24) is 0 Å².